The van der Waals surface area contributed by atoms with E-state index in [0.29, 0.717) is 17.1 Å². The first-order valence-corrected chi connectivity index (χ1v) is 5.76. The first kappa shape index (κ1) is 11.4. The first-order chi connectivity index (χ1) is 8.20. The molecule has 2 N–H and O–H groups in total. The molecule has 86 valence electrons. The number of benzene rings is 1. The predicted molar refractivity (Wildman–Crippen MR) is 67.6 cm³/mol. The van der Waals surface area contributed by atoms with Gasteiger partial charge in [-0.25, -0.2) is 0 Å². The number of nitrogens with zero attached hydrogens (tertiary/aromatic N) is 4. The number of hydrogen-bond acceptors (Lipinski definition) is 6. The van der Waals surface area contributed by atoms with Crippen LogP contribution in [0.25, 0.3) is 0 Å². The highest BCUT2D eigenvalue weighted by molar-refractivity contribution is 7.09. The van der Waals surface area contributed by atoms with E-state index in [1.807, 2.05) is 30.1 Å². The van der Waals surface area contributed by atoms with Crippen molar-refractivity contribution in [1.82, 2.24) is 9.59 Å². The van der Waals surface area contributed by atoms with Gasteiger partial charge in [0.2, 0.25) is 0 Å². The Hall–Kier alpha value is -2.13. The highest BCUT2D eigenvalue weighted by atomic mass is 32.1. The van der Waals surface area contributed by atoms with E-state index in [9.17, 15) is 0 Å². The molecule has 0 amide bonds. The van der Waals surface area contributed by atoms with E-state index >= 15 is 0 Å². The summed E-state index contributed by atoms with van der Waals surface area (Å²) >= 11 is 1.19. The van der Waals surface area contributed by atoms with Crippen LogP contribution in [0, 0.1) is 11.3 Å². The average Bonchev–Trinajstić information content (AvgIpc) is 2.75. The van der Waals surface area contributed by atoms with Gasteiger partial charge in [-0.1, -0.05) is 10.6 Å². The second kappa shape index (κ2) is 4.80. The number of nitriles is 1. The fourth-order valence-corrected chi connectivity index (χ4v) is 1.89. The van der Waals surface area contributed by atoms with Gasteiger partial charge in [0, 0.05) is 24.3 Å². The average molecular weight is 245 g/mol. The summed E-state index contributed by atoms with van der Waals surface area (Å²) in [6.45, 7) is 0.581. The van der Waals surface area contributed by atoms with Crippen molar-refractivity contribution < 1.29 is 0 Å². The van der Waals surface area contributed by atoms with Crippen LogP contribution < -0.4 is 10.6 Å². The van der Waals surface area contributed by atoms with Crippen molar-refractivity contribution in [3.8, 4) is 6.07 Å². The lowest BCUT2D eigenvalue weighted by Crippen LogP contribution is -2.17. The molecule has 0 fully saturated rings. The zero-order chi connectivity index (χ0) is 12.3. The predicted octanol–water partition coefficient (Wildman–Crippen LogP) is 1.63. The third-order valence-corrected chi connectivity index (χ3v) is 2.98. The summed E-state index contributed by atoms with van der Waals surface area (Å²) in [6, 6.07) is 9.51. The smallest absolute Gasteiger partial charge is 0.132 e. The van der Waals surface area contributed by atoms with Gasteiger partial charge >= 0.3 is 0 Å². The standard InChI is InChI=1S/C11H11N5S/c1-16(7-10-11(13)17-15-14-10)9-4-2-3-8(5-9)6-12/h2-5H,7,13H2,1H3. The zero-order valence-electron chi connectivity index (χ0n) is 9.29. The van der Waals surface area contributed by atoms with Crippen molar-refractivity contribution >= 4 is 22.2 Å². The molecule has 0 aliphatic rings. The Kier molecular flexibility index (Phi) is 3.21. The number of aromatic nitrogens is 2. The van der Waals surface area contributed by atoms with Crippen molar-refractivity contribution in [2.24, 2.45) is 0 Å². The summed E-state index contributed by atoms with van der Waals surface area (Å²) in [5.74, 6) is 0. The highest BCUT2D eigenvalue weighted by Crippen LogP contribution is 2.19. The molecule has 1 aromatic carbocycles. The highest BCUT2D eigenvalue weighted by Gasteiger charge is 2.08. The van der Waals surface area contributed by atoms with E-state index in [-0.39, 0.29) is 0 Å². The Morgan fingerprint density at radius 3 is 3.00 bits per heavy atom. The van der Waals surface area contributed by atoms with Crippen molar-refractivity contribution in [3.05, 3.63) is 35.5 Å². The van der Waals surface area contributed by atoms with Crippen molar-refractivity contribution in [3.63, 3.8) is 0 Å². The molecule has 0 atom stereocenters. The van der Waals surface area contributed by atoms with Crippen LogP contribution in [0.5, 0.6) is 0 Å². The molecule has 6 heteroatoms. The van der Waals surface area contributed by atoms with Gasteiger partial charge in [-0.15, -0.1) is 5.10 Å². The van der Waals surface area contributed by atoms with Gasteiger partial charge < -0.3 is 10.6 Å². The number of nitrogen functional groups attached to an aromatic ring is 1. The van der Waals surface area contributed by atoms with E-state index in [1.54, 1.807) is 6.07 Å². The molecule has 0 spiro atoms. The fourth-order valence-electron chi connectivity index (χ4n) is 1.45. The van der Waals surface area contributed by atoms with E-state index in [4.69, 9.17) is 11.0 Å². The molecule has 2 aromatic rings. The summed E-state index contributed by atoms with van der Waals surface area (Å²) < 4.78 is 3.79. The van der Waals surface area contributed by atoms with E-state index in [1.165, 1.54) is 11.5 Å². The number of anilines is 2. The van der Waals surface area contributed by atoms with Crippen LogP contribution >= 0.6 is 11.5 Å². The van der Waals surface area contributed by atoms with Gasteiger partial charge in [-0.3, -0.25) is 0 Å². The zero-order valence-corrected chi connectivity index (χ0v) is 10.1. The van der Waals surface area contributed by atoms with E-state index in [0.717, 1.165) is 11.4 Å². The van der Waals surface area contributed by atoms with Crippen LogP contribution in [0.1, 0.15) is 11.3 Å². The third kappa shape index (κ3) is 2.52. The molecule has 2 rings (SSSR count). The quantitative estimate of drug-likeness (QED) is 0.889. The number of hydrogen-bond donors (Lipinski definition) is 1. The van der Waals surface area contributed by atoms with Crippen LogP contribution in [0.2, 0.25) is 0 Å². The van der Waals surface area contributed by atoms with Gasteiger partial charge in [-0.2, -0.15) is 5.26 Å². The van der Waals surface area contributed by atoms with Crippen molar-refractivity contribution in [1.29, 1.82) is 5.26 Å². The Balaban J connectivity index is 2.17. The van der Waals surface area contributed by atoms with E-state index < -0.39 is 0 Å². The Morgan fingerprint density at radius 2 is 2.35 bits per heavy atom. The second-order valence-electron chi connectivity index (χ2n) is 3.60. The molecular formula is C11H11N5S. The van der Waals surface area contributed by atoms with Crippen LogP contribution in [0.4, 0.5) is 10.7 Å². The third-order valence-electron chi connectivity index (χ3n) is 2.39. The molecule has 0 aliphatic carbocycles. The second-order valence-corrected chi connectivity index (χ2v) is 4.39. The molecule has 0 unspecified atom stereocenters. The first-order valence-electron chi connectivity index (χ1n) is 4.98. The maximum Gasteiger partial charge on any atom is 0.132 e. The Labute approximate surface area is 103 Å². The normalized spacial score (nSPS) is 9.88. The maximum atomic E-state index is 8.84. The molecular weight excluding hydrogens is 234 g/mol. The molecule has 0 radical (unpaired) electrons. The fraction of sp³-hybridized carbons (Fsp3) is 0.182. The molecule has 1 aromatic heterocycles. The van der Waals surface area contributed by atoms with Gasteiger partial charge in [0.25, 0.3) is 0 Å². The maximum absolute atomic E-state index is 8.84. The van der Waals surface area contributed by atoms with Gasteiger partial charge in [0.05, 0.1) is 18.2 Å². The van der Waals surface area contributed by atoms with Gasteiger partial charge in [0.15, 0.2) is 0 Å². The number of nitrogens with two attached hydrogens (primary N) is 1. The monoisotopic (exact) mass is 245 g/mol. The lowest BCUT2D eigenvalue weighted by Gasteiger charge is -2.18. The molecule has 0 saturated heterocycles. The van der Waals surface area contributed by atoms with Crippen molar-refractivity contribution in [2.75, 3.05) is 17.7 Å². The topological polar surface area (TPSA) is 78.8 Å². The number of rotatable bonds is 3. The minimum Gasteiger partial charge on any atom is -0.388 e. The molecule has 0 saturated carbocycles. The summed E-state index contributed by atoms with van der Waals surface area (Å²) in [4.78, 5) is 1.98. The van der Waals surface area contributed by atoms with Crippen LogP contribution in [-0.2, 0) is 6.54 Å². The molecule has 0 bridgehead atoms. The van der Waals surface area contributed by atoms with Crippen LogP contribution in [-0.4, -0.2) is 16.6 Å². The summed E-state index contributed by atoms with van der Waals surface area (Å²) in [6.07, 6.45) is 0. The van der Waals surface area contributed by atoms with Crippen molar-refractivity contribution in [2.45, 2.75) is 6.54 Å². The molecule has 0 aliphatic heterocycles. The molecule has 1 heterocycles. The minimum absolute atomic E-state index is 0.581. The lowest BCUT2D eigenvalue weighted by atomic mass is 10.2. The molecule has 5 nitrogen and oxygen atoms in total. The Bertz CT molecular complexity index is 557. The lowest BCUT2D eigenvalue weighted by molar-refractivity contribution is 0.874. The largest absolute Gasteiger partial charge is 0.388 e. The summed E-state index contributed by atoms with van der Waals surface area (Å²) in [5.41, 5.74) is 8.09. The van der Waals surface area contributed by atoms with Gasteiger partial charge in [-0.05, 0) is 18.2 Å². The van der Waals surface area contributed by atoms with E-state index in [2.05, 4.69) is 15.7 Å². The SMILES string of the molecule is CN(Cc1nnsc1N)c1cccc(C#N)c1. The van der Waals surface area contributed by atoms with Crippen LogP contribution in [0.15, 0.2) is 24.3 Å². The molecule has 17 heavy (non-hydrogen) atoms. The summed E-state index contributed by atoms with van der Waals surface area (Å²) in [7, 11) is 1.93. The van der Waals surface area contributed by atoms with Gasteiger partial charge in [0.1, 0.15) is 10.7 Å². The van der Waals surface area contributed by atoms with Crippen LogP contribution in [0.3, 0.4) is 0 Å². The minimum atomic E-state index is 0.581. The Morgan fingerprint density at radius 1 is 1.53 bits per heavy atom. The summed E-state index contributed by atoms with van der Waals surface area (Å²) in [5, 5.41) is 13.4.